The number of hydrogen-bond donors (Lipinski definition) is 2. The van der Waals surface area contributed by atoms with Gasteiger partial charge in [0, 0.05) is 19.3 Å². The zero-order valence-corrected chi connectivity index (χ0v) is 14.2. The number of imide groups is 2. The van der Waals surface area contributed by atoms with Gasteiger partial charge in [-0.1, -0.05) is 25.1 Å². The van der Waals surface area contributed by atoms with Gasteiger partial charge < -0.3 is 10.6 Å². The Morgan fingerprint density at radius 2 is 1.79 bits per heavy atom. The summed E-state index contributed by atoms with van der Waals surface area (Å²) in [6.07, 6.45) is 0. The van der Waals surface area contributed by atoms with Crippen LogP contribution in [0, 0.1) is 0 Å². The molecule has 0 aromatic heterocycles. The van der Waals surface area contributed by atoms with Gasteiger partial charge in [-0.25, -0.2) is 9.69 Å². The smallest absolute Gasteiger partial charge is 0.324 e. The highest BCUT2D eigenvalue weighted by Gasteiger charge is 2.42. The van der Waals surface area contributed by atoms with Crippen LogP contribution >= 0.6 is 12.4 Å². The molecule has 24 heavy (non-hydrogen) atoms. The fraction of sp³-hybridized carbons (Fsp3) is 0.333. The lowest BCUT2D eigenvalue weighted by molar-refractivity contribution is -0.143. The van der Waals surface area contributed by atoms with Crippen LogP contribution in [0.1, 0.15) is 12.5 Å². The van der Waals surface area contributed by atoms with Crippen LogP contribution in [0.4, 0.5) is 10.5 Å². The Kier molecular flexibility index (Phi) is 6.87. The van der Waals surface area contributed by atoms with Gasteiger partial charge in [-0.2, -0.15) is 0 Å². The molecule has 1 aromatic carbocycles. The second-order valence-electron chi connectivity index (χ2n) is 5.02. The second-order valence-corrected chi connectivity index (χ2v) is 5.02. The molecule has 5 amide bonds. The van der Waals surface area contributed by atoms with Crippen LogP contribution in [-0.2, 0) is 20.9 Å². The molecule has 130 valence electrons. The monoisotopic (exact) mass is 354 g/mol. The van der Waals surface area contributed by atoms with E-state index in [0.29, 0.717) is 22.0 Å². The van der Waals surface area contributed by atoms with E-state index in [9.17, 15) is 19.2 Å². The van der Waals surface area contributed by atoms with E-state index in [1.807, 2.05) is 19.1 Å². The van der Waals surface area contributed by atoms with Crippen LogP contribution < -0.4 is 10.6 Å². The number of urea groups is 1. The maximum Gasteiger partial charge on any atom is 0.334 e. The summed E-state index contributed by atoms with van der Waals surface area (Å²) in [6, 6.07) is 6.42. The Balaban J connectivity index is 0.00000288. The van der Waals surface area contributed by atoms with Gasteiger partial charge in [-0.3, -0.25) is 19.3 Å². The van der Waals surface area contributed by atoms with Crippen LogP contribution in [0.15, 0.2) is 24.3 Å². The number of carbonyl (C=O) groups excluding carboxylic acids is 4. The van der Waals surface area contributed by atoms with Gasteiger partial charge in [0.15, 0.2) is 0 Å². The fourth-order valence-corrected chi connectivity index (χ4v) is 2.14. The van der Waals surface area contributed by atoms with Crippen LogP contribution in [0.25, 0.3) is 0 Å². The van der Waals surface area contributed by atoms with Gasteiger partial charge in [0.05, 0.1) is 0 Å². The second kappa shape index (κ2) is 8.42. The number of para-hydroxylation sites is 1. The van der Waals surface area contributed by atoms with Gasteiger partial charge in [0.1, 0.15) is 6.54 Å². The van der Waals surface area contributed by atoms with Crippen molar-refractivity contribution in [2.24, 2.45) is 0 Å². The minimum Gasteiger partial charge on any atom is -0.324 e. The highest BCUT2D eigenvalue weighted by molar-refractivity contribution is 6.44. The third-order valence-electron chi connectivity index (χ3n) is 3.41. The van der Waals surface area contributed by atoms with Crippen molar-refractivity contribution in [1.82, 2.24) is 15.1 Å². The molecule has 0 spiro atoms. The largest absolute Gasteiger partial charge is 0.334 e. The normalized spacial score (nSPS) is 14.0. The molecule has 1 aliphatic rings. The first-order valence-corrected chi connectivity index (χ1v) is 7.17. The molecule has 1 aliphatic heterocycles. The lowest BCUT2D eigenvalue weighted by Gasteiger charge is -2.15. The molecule has 0 unspecified atom stereocenters. The molecule has 1 fully saturated rings. The Hall–Kier alpha value is -2.45. The molecule has 0 aliphatic carbocycles. The lowest BCUT2D eigenvalue weighted by atomic mass is 10.1. The molecule has 1 aromatic rings. The number of rotatable bonds is 6. The number of amides is 5. The summed E-state index contributed by atoms with van der Waals surface area (Å²) in [5.74, 6) is -2.47. The first-order valence-electron chi connectivity index (χ1n) is 7.17. The van der Waals surface area contributed by atoms with E-state index >= 15 is 0 Å². The number of halogens is 1. The summed E-state index contributed by atoms with van der Waals surface area (Å²) in [4.78, 5) is 48.2. The summed E-state index contributed by atoms with van der Waals surface area (Å²) < 4.78 is 0. The SMILES string of the molecule is CCNCc1ccccc1NC(=O)CN1C(=O)C(=O)N(C)C1=O.Cl. The first kappa shape index (κ1) is 19.6. The Morgan fingerprint density at radius 1 is 1.12 bits per heavy atom. The highest BCUT2D eigenvalue weighted by atomic mass is 35.5. The average Bonchev–Trinajstić information content (AvgIpc) is 2.72. The number of nitrogens with zero attached hydrogens (tertiary/aromatic N) is 2. The Labute approximate surface area is 145 Å². The van der Waals surface area contributed by atoms with E-state index in [-0.39, 0.29) is 12.4 Å². The molecule has 1 heterocycles. The van der Waals surface area contributed by atoms with E-state index in [0.717, 1.165) is 12.1 Å². The van der Waals surface area contributed by atoms with Crippen molar-refractivity contribution in [3.63, 3.8) is 0 Å². The van der Waals surface area contributed by atoms with Gasteiger partial charge >= 0.3 is 17.8 Å². The summed E-state index contributed by atoms with van der Waals surface area (Å²) in [6.45, 7) is 2.84. The van der Waals surface area contributed by atoms with E-state index in [1.54, 1.807) is 12.1 Å². The summed E-state index contributed by atoms with van der Waals surface area (Å²) in [7, 11) is 1.20. The minimum absolute atomic E-state index is 0. The van der Waals surface area contributed by atoms with Crippen molar-refractivity contribution in [2.75, 3.05) is 25.5 Å². The number of anilines is 1. The maximum absolute atomic E-state index is 12.1. The van der Waals surface area contributed by atoms with Crippen molar-refractivity contribution in [2.45, 2.75) is 13.5 Å². The van der Waals surface area contributed by atoms with Crippen LogP contribution in [0.5, 0.6) is 0 Å². The number of hydrogen-bond acceptors (Lipinski definition) is 5. The maximum atomic E-state index is 12.1. The predicted molar refractivity (Wildman–Crippen MR) is 89.6 cm³/mol. The molecule has 0 bridgehead atoms. The molecule has 8 nitrogen and oxygen atoms in total. The van der Waals surface area contributed by atoms with Crippen molar-refractivity contribution >= 4 is 41.8 Å². The molecule has 0 radical (unpaired) electrons. The Morgan fingerprint density at radius 3 is 2.38 bits per heavy atom. The topological polar surface area (TPSA) is 98.8 Å². The van der Waals surface area contributed by atoms with Crippen LogP contribution in [-0.4, -0.2) is 53.7 Å². The zero-order valence-electron chi connectivity index (χ0n) is 13.4. The third kappa shape index (κ3) is 4.09. The molecule has 9 heteroatoms. The molecular formula is C15H19ClN4O4. The van der Waals surface area contributed by atoms with Crippen molar-refractivity contribution in [3.05, 3.63) is 29.8 Å². The number of benzene rings is 1. The van der Waals surface area contributed by atoms with Gasteiger partial charge in [-0.15, -0.1) is 12.4 Å². The molecule has 1 saturated heterocycles. The first-order chi connectivity index (χ1) is 11.0. The van der Waals surface area contributed by atoms with Crippen molar-refractivity contribution in [3.8, 4) is 0 Å². The van der Waals surface area contributed by atoms with Crippen LogP contribution in [0.2, 0.25) is 0 Å². The molecule has 2 N–H and O–H groups in total. The number of carbonyl (C=O) groups is 4. The predicted octanol–water partition coefficient (Wildman–Crippen LogP) is 0.577. The lowest BCUT2D eigenvalue weighted by Crippen LogP contribution is -2.38. The molecule has 2 rings (SSSR count). The number of likely N-dealkylation sites (N-methyl/N-ethyl adjacent to an activating group) is 1. The average molecular weight is 355 g/mol. The quantitative estimate of drug-likeness (QED) is 0.575. The summed E-state index contributed by atoms with van der Waals surface area (Å²) >= 11 is 0. The molecule has 0 atom stereocenters. The van der Waals surface area contributed by atoms with E-state index in [2.05, 4.69) is 10.6 Å². The number of nitrogens with one attached hydrogen (secondary N) is 2. The van der Waals surface area contributed by atoms with Crippen molar-refractivity contribution in [1.29, 1.82) is 0 Å². The minimum atomic E-state index is -0.992. The van der Waals surface area contributed by atoms with Crippen LogP contribution in [0.3, 0.4) is 0 Å². The van der Waals surface area contributed by atoms with Gasteiger partial charge in [0.25, 0.3) is 0 Å². The standard InChI is InChI=1S/C15H18N4O4.ClH/c1-3-16-8-10-6-4-5-7-11(10)17-12(20)9-19-14(22)13(21)18(2)15(19)23;/h4-7,16H,3,8-9H2,1-2H3,(H,17,20);1H. The van der Waals surface area contributed by atoms with Crippen molar-refractivity contribution < 1.29 is 19.2 Å². The van der Waals surface area contributed by atoms with E-state index < -0.39 is 30.3 Å². The zero-order chi connectivity index (χ0) is 17.0. The van der Waals surface area contributed by atoms with Gasteiger partial charge in [0.2, 0.25) is 5.91 Å². The molecular weight excluding hydrogens is 336 g/mol. The fourth-order valence-electron chi connectivity index (χ4n) is 2.14. The van der Waals surface area contributed by atoms with E-state index in [4.69, 9.17) is 0 Å². The summed E-state index contributed by atoms with van der Waals surface area (Å²) in [5, 5.41) is 5.82. The Bertz CT molecular complexity index is 665. The highest BCUT2D eigenvalue weighted by Crippen LogP contribution is 2.15. The van der Waals surface area contributed by atoms with E-state index in [1.165, 1.54) is 7.05 Å². The third-order valence-corrected chi connectivity index (χ3v) is 3.41. The van der Waals surface area contributed by atoms with Gasteiger partial charge in [-0.05, 0) is 18.2 Å². The summed E-state index contributed by atoms with van der Waals surface area (Å²) in [5.41, 5.74) is 1.48. The molecule has 0 saturated carbocycles.